The van der Waals surface area contributed by atoms with Crippen molar-refractivity contribution in [1.82, 2.24) is 20.1 Å². The first kappa shape index (κ1) is 20.7. The van der Waals surface area contributed by atoms with Crippen molar-refractivity contribution in [1.29, 1.82) is 0 Å². The minimum Gasteiger partial charge on any atom is -0.378 e. The number of thioether (sulfide) groups is 1. The van der Waals surface area contributed by atoms with E-state index in [-0.39, 0.29) is 11.2 Å². The monoisotopic (exact) mass is 403 g/mol. The number of rotatable bonds is 7. The number of nitrogens with one attached hydrogen (secondary N) is 1. The van der Waals surface area contributed by atoms with E-state index in [0.29, 0.717) is 25.7 Å². The van der Waals surface area contributed by atoms with Crippen LogP contribution in [0.15, 0.2) is 29.4 Å². The number of nitrogens with zero attached hydrogens (tertiary/aromatic N) is 4. The molecule has 1 aliphatic rings. The lowest BCUT2D eigenvalue weighted by Gasteiger charge is -2.28. The van der Waals surface area contributed by atoms with Crippen LogP contribution in [0.3, 0.4) is 0 Å². The average Bonchev–Trinajstić information content (AvgIpc) is 3.10. The highest BCUT2D eigenvalue weighted by Gasteiger charge is 2.24. The Morgan fingerprint density at radius 3 is 2.50 bits per heavy atom. The van der Waals surface area contributed by atoms with E-state index < -0.39 is 0 Å². The summed E-state index contributed by atoms with van der Waals surface area (Å²) in [4.78, 5) is 14.6. The lowest BCUT2D eigenvalue weighted by molar-refractivity contribution is -0.120. The first-order valence-corrected chi connectivity index (χ1v) is 10.6. The average molecular weight is 404 g/mol. The van der Waals surface area contributed by atoms with Crippen LogP contribution in [0.4, 0.5) is 5.95 Å². The van der Waals surface area contributed by atoms with E-state index >= 15 is 0 Å². The third-order valence-electron chi connectivity index (χ3n) is 4.54. The summed E-state index contributed by atoms with van der Waals surface area (Å²) in [6, 6.07) is 8.28. The minimum atomic E-state index is -0.260. The molecular formula is C20H29N5O2S. The molecule has 1 fully saturated rings. The van der Waals surface area contributed by atoms with Gasteiger partial charge < -0.3 is 15.0 Å². The van der Waals surface area contributed by atoms with Crippen LogP contribution in [0.5, 0.6) is 0 Å². The quantitative estimate of drug-likeness (QED) is 0.717. The number of aryl methyl sites for hydroxylation is 1. The van der Waals surface area contributed by atoms with Crippen LogP contribution in [0.25, 0.3) is 5.69 Å². The van der Waals surface area contributed by atoms with Gasteiger partial charge in [-0.3, -0.25) is 9.36 Å². The molecule has 1 unspecified atom stereocenters. The Morgan fingerprint density at radius 2 is 1.86 bits per heavy atom. The number of hydrogen-bond donors (Lipinski definition) is 1. The van der Waals surface area contributed by atoms with Crippen molar-refractivity contribution in [2.24, 2.45) is 5.92 Å². The summed E-state index contributed by atoms with van der Waals surface area (Å²) in [5.41, 5.74) is 2.19. The molecule has 0 bridgehead atoms. The number of amides is 1. The number of hydrogen-bond acceptors (Lipinski definition) is 6. The maximum Gasteiger partial charge on any atom is 0.233 e. The molecule has 152 valence electrons. The Labute approximate surface area is 170 Å². The van der Waals surface area contributed by atoms with Crippen molar-refractivity contribution in [2.45, 2.75) is 38.1 Å². The molecule has 0 spiro atoms. The predicted molar refractivity (Wildman–Crippen MR) is 112 cm³/mol. The Balaban J connectivity index is 1.86. The number of carbonyl (C=O) groups excluding carboxylic acids is 1. The third-order valence-corrected chi connectivity index (χ3v) is 5.58. The Bertz CT molecular complexity index is 784. The van der Waals surface area contributed by atoms with Crippen molar-refractivity contribution in [3.05, 3.63) is 29.8 Å². The van der Waals surface area contributed by atoms with E-state index in [0.717, 1.165) is 29.9 Å². The number of morpholine rings is 1. The Morgan fingerprint density at radius 1 is 1.18 bits per heavy atom. The van der Waals surface area contributed by atoms with Crippen molar-refractivity contribution in [3.8, 4) is 5.69 Å². The first-order chi connectivity index (χ1) is 13.5. The van der Waals surface area contributed by atoms with Crippen molar-refractivity contribution in [2.75, 3.05) is 37.7 Å². The van der Waals surface area contributed by atoms with E-state index in [9.17, 15) is 4.79 Å². The number of anilines is 1. The fourth-order valence-corrected chi connectivity index (χ4v) is 3.77. The molecule has 1 atom stereocenters. The van der Waals surface area contributed by atoms with Crippen molar-refractivity contribution < 1.29 is 9.53 Å². The fourth-order valence-electron chi connectivity index (χ4n) is 2.89. The van der Waals surface area contributed by atoms with E-state index in [2.05, 4.69) is 65.5 Å². The molecule has 1 N–H and O–H groups in total. The largest absolute Gasteiger partial charge is 0.378 e. The highest BCUT2D eigenvalue weighted by atomic mass is 32.2. The second-order valence-electron chi connectivity index (χ2n) is 7.45. The van der Waals surface area contributed by atoms with Crippen LogP contribution in [0.1, 0.15) is 26.3 Å². The van der Waals surface area contributed by atoms with E-state index in [1.54, 1.807) is 0 Å². The van der Waals surface area contributed by atoms with E-state index in [1.807, 2.05) is 11.5 Å². The van der Waals surface area contributed by atoms with E-state index in [4.69, 9.17) is 4.74 Å². The molecule has 1 amide bonds. The van der Waals surface area contributed by atoms with Gasteiger partial charge in [0, 0.05) is 19.6 Å². The van der Waals surface area contributed by atoms with Gasteiger partial charge in [-0.15, -0.1) is 10.2 Å². The zero-order valence-corrected chi connectivity index (χ0v) is 17.8. The highest BCUT2D eigenvalue weighted by Crippen LogP contribution is 2.29. The minimum absolute atomic E-state index is 0.0186. The van der Waals surface area contributed by atoms with Gasteiger partial charge >= 0.3 is 0 Å². The third kappa shape index (κ3) is 5.05. The van der Waals surface area contributed by atoms with Gasteiger partial charge in [0.1, 0.15) is 0 Å². The zero-order chi connectivity index (χ0) is 20.1. The molecule has 2 aromatic rings. The highest BCUT2D eigenvalue weighted by molar-refractivity contribution is 8.00. The van der Waals surface area contributed by atoms with Gasteiger partial charge in [-0.05, 0) is 31.9 Å². The molecule has 1 aromatic heterocycles. The van der Waals surface area contributed by atoms with Gasteiger partial charge in [-0.25, -0.2) is 0 Å². The summed E-state index contributed by atoms with van der Waals surface area (Å²) in [7, 11) is 0. The standard InChI is InChI=1S/C20H29N5O2S/c1-14(2)13-21-18(26)16(4)28-20-23-22-19(24-9-11-27-12-10-24)25(20)17-7-5-15(3)6-8-17/h5-8,14,16H,9-13H2,1-4H3,(H,21,26). The van der Waals surface area contributed by atoms with Gasteiger partial charge in [0.05, 0.1) is 24.2 Å². The van der Waals surface area contributed by atoms with Crippen LogP contribution in [0.2, 0.25) is 0 Å². The Kier molecular flexibility index (Phi) is 6.96. The van der Waals surface area contributed by atoms with Gasteiger partial charge in [0.25, 0.3) is 0 Å². The zero-order valence-electron chi connectivity index (χ0n) is 17.0. The second kappa shape index (κ2) is 9.43. The second-order valence-corrected chi connectivity index (χ2v) is 8.76. The van der Waals surface area contributed by atoms with Crippen LogP contribution in [0, 0.1) is 12.8 Å². The van der Waals surface area contributed by atoms with Crippen LogP contribution in [-0.4, -0.2) is 58.8 Å². The summed E-state index contributed by atoms with van der Waals surface area (Å²) >= 11 is 1.43. The fraction of sp³-hybridized carbons (Fsp3) is 0.550. The number of aromatic nitrogens is 3. The number of ether oxygens (including phenoxy) is 1. The predicted octanol–water partition coefficient (Wildman–Crippen LogP) is 2.67. The lowest BCUT2D eigenvalue weighted by atomic mass is 10.2. The van der Waals surface area contributed by atoms with Crippen LogP contribution >= 0.6 is 11.8 Å². The summed E-state index contributed by atoms with van der Waals surface area (Å²) < 4.78 is 7.52. The van der Waals surface area contributed by atoms with Crippen molar-refractivity contribution >= 4 is 23.6 Å². The SMILES string of the molecule is Cc1ccc(-n2c(SC(C)C(=O)NCC(C)C)nnc2N2CCOCC2)cc1. The molecular weight excluding hydrogens is 374 g/mol. The summed E-state index contributed by atoms with van der Waals surface area (Å²) in [5.74, 6) is 1.24. The number of carbonyl (C=O) groups is 1. The molecule has 0 aliphatic carbocycles. The molecule has 1 saturated heterocycles. The lowest BCUT2D eigenvalue weighted by Crippen LogP contribution is -2.38. The van der Waals surface area contributed by atoms with Crippen LogP contribution in [-0.2, 0) is 9.53 Å². The van der Waals surface area contributed by atoms with Crippen LogP contribution < -0.4 is 10.2 Å². The summed E-state index contributed by atoms with van der Waals surface area (Å²) in [6.07, 6.45) is 0. The normalized spacial score (nSPS) is 15.7. The molecule has 8 heteroatoms. The Hall–Kier alpha value is -2.06. The van der Waals surface area contributed by atoms with E-state index in [1.165, 1.54) is 17.3 Å². The first-order valence-electron chi connectivity index (χ1n) is 9.75. The van der Waals surface area contributed by atoms with Gasteiger partial charge in [-0.1, -0.05) is 43.3 Å². The molecule has 2 heterocycles. The van der Waals surface area contributed by atoms with Gasteiger partial charge in [0.2, 0.25) is 11.9 Å². The number of benzene rings is 1. The maximum atomic E-state index is 12.4. The van der Waals surface area contributed by atoms with Gasteiger partial charge in [0.15, 0.2) is 5.16 Å². The van der Waals surface area contributed by atoms with Crippen molar-refractivity contribution in [3.63, 3.8) is 0 Å². The van der Waals surface area contributed by atoms with Gasteiger partial charge in [-0.2, -0.15) is 0 Å². The summed E-state index contributed by atoms with van der Waals surface area (Å²) in [5, 5.41) is 12.3. The smallest absolute Gasteiger partial charge is 0.233 e. The molecule has 7 nitrogen and oxygen atoms in total. The molecule has 0 radical (unpaired) electrons. The molecule has 28 heavy (non-hydrogen) atoms. The topological polar surface area (TPSA) is 72.3 Å². The molecule has 1 aliphatic heterocycles. The molecule has 0 saturated carbocycles. The molecule has 1 aromatic carbocycles. The summed E-state index contributed by atoms with van der Waals surface area (Å²) in [6.45, 7) is 11.7. The maximum absolute atomic E-state index is 12.4. The molecule has 3 rings (SSSR count).